The predicted octanol–water partition coefficient (Wildman–Crippen LogP) is 4.19. The maximum Gasteiger partial charge on any atom is 0.259 e. The van der Waals surface area contributed by atoms with Crippen LogP contribution in [-0.4, -0.2) is 15.7 Å². The Kier molecular flexibility index (Phi) is 4.93. The van der Waals surface area contributed by atoms with Gasteiger partial charge >= 0.3 is 0 Å². The SMILES string of the molecule is CCc1c(C(=O)Nc2ccc(C)cc2F)cnn1Cc1ccccc1. The van der Waals surface area contributed by atoms with Crippen molar-refractivity contribution in [1.29, 1.82) is 0 Å². The number of anilines is 1. The maximum atomic E-state index is 14.0. The fraction of sp³-hybridized carbons (Fsp3) is 0.200. The molecule has 1 heterocycles. The highest BCUT2D eigenvalue weighted by Gasteiger charge is 2.17. The molecule has 1 amide bonds. The molecule has 0 saturated carbocycles. The van der Waals surface area contributed by atoms with E-state index < -0.39 is 5.82 Å². The van der Waals surface area contributed by atoms with Gasteiger partial charge in [-0.15, -0.1) is 0 Å². The highest BCUT2D eigenvalue weighted by atomic mass is 19.1. The van der Waals surface area contributed by atoms with Crippen molar-refractivity contribution < 1.29 is 9.18 Å². The lowest BCUT2D eigenvalue weighted by molar-refractivity contribution is 0.102. The fourth-order valence-electron chi connectivity index (χ4n) is 2.78. The highest BCUT2D eigenvalue weighted by Crippen LogP contribution is 2.18. The van der Waals surface area contributed by atoms with E-state index in [0.29, 0.717) is 18.5 Å². The van der Waals surface area contributed by atoms with Crippen LogP contribution in [-0.2, 0) is 13.0 Å². The molecular weight excluding hydrogens is 317 g/mol. The second kappa shape index (κ2) is 7.30. The Hall–Kier alpha value is -2.95. The van der Waals surface area contributed by atoms with Gasteiger partial charge in [-0.3, -0.25) is 9.48 Å². The number of aryl methyl sites for hydroxylation is 1. The molecule has 128 valence electrons. The van der Waals surface area contributed by atoms with Gasteiger partial charge in [0.2, 0.25) is 0 Å². The van der Waals surface area contributed by atoms with Crippen molar-refractivity contribution in [3.63, 3.8) is 0 Å². The summed E-state index contributed by atoms with van der Waals surface area (Å²) in [5.74, 6) is -0.790. The van der Waals surface area contributed by atoms with E-state index in [-0.39, 0.29) is 11.6 Å². The number of carbonyl (C=O) groups is 1. The lowest BCUT2D eigenvalue weighted by Crippen LogP contribution is -2.15. The number of halogens is 1. The number of nitrogens with one attached hydrogen (secondary N) is 1. The highest BCUT2D eigenvalue weighted by molar-refractivity contribution is 6.05. The minimum Gasteiger partial charge on any atom is -0.319 e. The van der Waals surface area contributed by atoms with Gasteiger partial charge < -0.3 is 5.32 Å². The lowest BCUT2D eigenvalue weighted by Gasteiger charge is -2.09. The second-order valence-electron chi connectivity index (χ2n) is 5.94. The van der Waals surface area contributed by atoms with Crippen LogP contribution in [0.5, 0.6) is 0 Å². The van der Waals surface area contributed by atoms with E-state index >= 15 is 0 Å². The first kappa shape index (κ1) is 16.9. The maximum absolute atomic E-state index is 14.0. The first-order valence-electron chi connectivity index (χ1n) is 8.24. The quantitative estimate of drug-likeness (QED) is 0.759. The van der Waals surface area contributed by atoms with Crippen LogP contribution in [0.2, 0.25) is 0 Å². The molecule has 0 unspecified atom stereocenters. The molecule has 0 atom stereocenters. The molecule has 0 saturated heterocycles. The Morgan fingerprint density at radius 3 is 2.64 bits per heavy atom. The van der Waals surface area contributed by atoms with Crippen molar-refractivity contribution in [2.24, 2.45) is 0 Å². The lowest BCUT2D eigenvalue weighted by atomic mass is 10.1. The monoisotopic (exact) mass is 337 g/mol. The first-order chi connectivity index (χ1) is 12.1. The number of nitrogens with zero attached hydrogens (tertiary/aromatic N) is 2. The van der Waals surface area contributed by atoms with Gasteiger partial charge in [0.25, 0.3) is 5.91 Å². The molecule has 3 aromatic rings. The van der Waals surface area contributed by atoms with E-state index in [1.807, 2.05) is 41.9 Å². The normalized spacial score (nSPS) is 10.7. The molecule has 1 aromatic heterocycles. The zero-order chi connectivity index (χ0) is 17.8. The molecule has 0 radical (unpaired) electrons. The summed E-state index contributed by atoms with van der Waals surface area (Å²) in [5.41, 5.74) is 3.39. The van der Waals surface area contributed by atoms with Gasteiger partial charge in [-0.05, 0) is 36.6 Å². The summed E-state index contributed by atoms with van der Waals surface area (Å²) in [5, 5.41) is 6.98. The average Bonchev–Trinajstić information content (AvgIpc) is 3.01. The van der Waals surface area contributed by atoms with Crippen LogP contribution in [0.3, 0.4) is 0 Å². The molecule has 0 aliphatic rings. The summed E-state index contributed by atoms with van der Waals surface area (Å²) in [6.07, 6.45) is 2.20. The molecule has 0 spiro atoms. The van der Waals surface area contributed by atoms with Crippen molar-refractivity contribution in [2.45, 2.75) is 26.8 Å². The molecule has 0 bridgehead atoms. The van der Waals surface area contributed by atoms with Crippen LogP contribution in [0, 0.1) is 12.7 Å². The van der Waals surface area contributed by atoms with Crippen LogP contribution < -0.4 is 5.32 Å². The predicted molar refractivity (Wildman–Crippen MR) is 96.2 cm³/mol. The smallest absolute Gasteiger partial charge is 0.259 e. The van der Waals surface area contributed by atoms with Crippen LogP contribution in [0.4, 0.5) is 10.1 Å². The largest absolute Gasteiger partial charge is 0.319 e. The summed E-state index contributed by atoms with van der Waals surface area (Å²) >= 11 is 0. The zero-order valence-electron chi connectivity index (χ0n) is 14.3. The number of rotatable bonds is 5. The van der Waals surface area contributed by atoms with Gasteiger partial charge in [-0.25, -0.2) is 4.39 Å². The topological polar surface area (TPSA) is 46.9 Å². The summed E-state index contributed by atoms with van der Waals surface area (Å²) in [6, 6.07) is 14.7. The summed E-state index contributed by atoms with van der Waals surface area (Å²) in [6.45, 7) is 4.37. The van der Waals surface area contributed by atoms with Gasteiger partial charge in [0, 0.05) is 0 Å². The Morgan fingerprint density at radius 1 is 1.20 bits per heavy atom. The Bertz CT molecular complexity index is 887. The van der Waals surface area contributed by atoms with E-state index in [9.17, 15) is 9.18 Å². The average molecular weight is 337 g/mol. The Balaban J connectivity index is 1.83. The number of benzene rings is 2. The number of carbonyl (C=O) groups excluding carboxylic acids is 1. The number of hydrogen-bond donors (Lipinski definition) is 1. The fourth-order valence-corrected chi connectivity index (χ4v) is 2.78. The minimum atomic E-state index is -0.442. The summed E-state index contributed by atoms with van der Waals surface area (Å²) < 4.78 is 15.8. The molecule has 25 heavy (non-hydrogen) atoms. The molecule has 3 rings (SSSR count). The van der Waals surface area contributed by atoms with Crippen LogP contribution in [0.25, 0.3) is 0 Å². The summed E-state index contributed by atoms with van der Waals surface area (Å²) in [4.78, 5) is 12.6. The van der Waals surface area contributed by atoms with Crippen molar-refractivity contribution in [1.82, 2.24) is 9.78 Å². The molecule has 5 heteroatoms. The van der Waals surface area contributed by atoms with Gasteiger partial charge in [0.05, 0.1) is 29.7 Å². The number of hydrogen-bond acceptors (Lipinski definition) is 2. The van der Waals surface area contributed by atoms with Gasteiger partial charge in [0.15, 0.2) is 0 Å². The Morgan fingerprint density at radius 2 is 1.96 bits per heavy atom. The molecule has 4 nitrogen and oxygen atoms in total. The molecule has 2 aromatic carbocycles. The van der Waals surface area contributed by atoms with Gasteiger partial charge in [-0.1, -0.05) is 43.3 Å². The van der Waals surface area contributed by atoms with E-state index in [1.165, 1.54) is 6.07 Å². The minimum absolute atomic E-state index is 0.175. The van der Waals surface area contributed by atoms with Gasteiger partial charge in [0.1, 0.15) is 5.82 Å². The molecule has 0 fully saturated rings. The van der Waals surface area contributed by atoms with E-state index in [2.05, 4.69) is 10.4 Å². The number of aromatic nitrogens is 2. The molecular formula is C20H20FN3O. The molecule has 0 aliphatic heterocycles. The molecule has 0 aliphatic carbocycles. The van der Waals surface area contributed by atoms with Crippen molar-refractivity contribution in [3.05, 3.63) is 82.9 Å². The van der Waals surface area contributed by atoms with Crippen LogP contribution in [0.15, 0.2) is 54.7 Å². The van der Waals surface area contributed by atoms with E-state index in [1.54, 1.807) is 25.3 Å². The first-order valence-corrected chi connectivity index (χ1v) is 8.24. The Labute approximate surface area is 146 Å². The van der Waals surface area contributed by atoms with Crippen LogP contribution >= 0.6 is 0 Å². The van der Waals surface area contributed by atoms with E-state index in [4.69, 9.17) is 0 Å². The zero-order valence-corrected chi connectivity index (χ0v) is 14.3. The van der Waals surface area contributed by atoms with Crippen LogP contribution in [0.1, 0.15) is 34.1 Å². The standard InChI is InChI=1S/C20H20FN3O/c1-3-19-16(12-22-24(19)13-15-7-5-4-6-8-15)20(25)23-18-10-9-14(2)11-17(18)21/h4-12H,3,13H2,1-2H3,(H,23,25). The summed E-state index contributed by atoms with van der Waals surface area (Å²) in [7, 11) is 0. The molecule has 1 N–H and O–H groups in total. The third-order valence-corrected chi connectivity index (χ3v) is 4.08. The number of amides is 1. The third kappa shape index (κ3) is 3.76. The van der Waals surface area contributed by atoms with Crippen molar-refractivity contribution >= 4 is 11.6 Å². The van der Waals surface area contributed by atoms with Crippen molar-refractivity contribution in [3.8, 4) is 0 Å². The third-order valence-electron chi connectivity index (χ3n) is 4.08. The second-order valence-corrected chi connectivity index (χ2v) is 5.94. The van der Waals surface area contributed by atoms with Gasteiger partial charge in [-0.2, -0.15) is 5.10 Å². The van der Waals surface area contributed by atoms with E-state index in [0.717, 1.165) is 16.8 Å². The van der Waals surface area contributed by atoms with Crippen molar-refractivity contribution in [2.75, 3.05) is 5.32 Å².